The average Bonchev–Trinajstić information content (AvgIpc) is 2.47. The van der Waals surface area contributed by atoms with Crippen LogP contribution in [0.1, 0.15) is 5.69 Å². The standard InChI is InChI=1S/C17H15BrN4/c1-12-10-16(20-15-9-5-6-13(18)11-15)22-17(19-12)21-14-7-3-2-4-8-14/h2-11H,1H3,(H2,19,20,21,22). The third-order valence-corrected chi connectivity index (χ3v) is 3.47. The largest absolute Gasteiger partial charge is 0.340 e. The molecule has 0 radical (unpaired) electrons. The molecule has 0 atom stereocenters. The molecule has 0 aliphatic heterocycles. The number of hydrogen-bond donors (Lipinski definition) is 2. The molecule has 3 rings (SSSR count). The molecule has 2 N–H and O–H groups in total. The fraction of sp³-hybridized carbons (Fsp3) is 0.0588. The smallest absolute Gasteiger partial charge is 0.229 e. The Morgan fingerprint density at radius 1 is 0.818 bits per heavy atom. The van der Waals surface area contributed by atoms with Crippen LogP contribution in [0.3, 0.4) is 0 Å². The zero-order valence-corrected chi connectivity index (χ0v) is 13.6. The van der Waals surface area contributed by atoms with Crippen LogP contribution in [0.2, 0.25) is 0 Å². The summed E-state index contributed by atoms with van der Waals surface area (Å²) in [4.78, 5) is 8.92. The highest BCUT2D eigenvalue weighted by molar-refractivity contribution is 9.10. The molecule has 2 aromatic carbocycles. The monoisotopic (exact) mass is 354 g/mol. The van der Waals surface area contributed by atoms with Gasteiger partial charge in [-0.05, 0) is 37.3 Å². The van der Waals surface area contributed by atoms with Gasteiger partial charge in [0, 0.05) is 27.6 Å². The van der Waals surface area contributed by atoms with E-state index in [1.54, 1.807) is 0 Å². The minimum Gasteiger partial charge on any atom is -0.340 e. The number of halogens is 1. The van der Waals surface area contributed by atoms with E-state index >= 15 is 0 Å². The van der Waals surface area contributed by atoms with E-state index in [1.807, 2.05) is 67.6 Å². The first kappa shape index (κ1) is 14.5. The number of para-hydroxylation sites is 1. The fourth-order valence-electron chi connectivity index (χ4n) is 2.05. The summed E-state index contributed by atoms with van der Waals surface area (Å²) in [7, 11) is 0. The molecule has 0 bridgehead atoms. The maximum atomic E-state index is 4.51. The lowest BCUT2D eigenvalue weighted by Gasteiger charge is -2.10. The van der Waals surface area contributed by atoms with E-state index in [-0.39, 0.29) is 0 Å². The zero-order valence-electron chi connectivity index (χ0n) is 12.0. The van der Waals surface area contributed by atoms with Gasteiger partial charge in [-0.15, -0.1) is 0 Å². The Hall–Kier alpha value is -2.40. The molecule has 0 saturated carbocycles. The van der Waals surface area contributed by atoms with Gasteiger partial charge in [-0.1, -0.05) is 40.2 Å². The van der Waals surface area contributed by atoms with Gasteiger partial charge >= 0.3 is 0 Å². The number of nitrogens with zero attached hydrogens (tertiary/aromatic N) is 2. The molecular weight excluding hydrogens is 340 g/mol. The molecule has 0 unspecified atom stereocenters. The van der Waals surface area contributed by atoms with Gasteiger partial charge < -0.3 is 10.6 Å². The van der Waals surface area contributed by atoms with Crippen molar-refractivity contribution in [2.45, 2.75) is 6.92 Å². The summed E-state index contributed by atoms with van der Waals surface area (Å²) in [6.45, 7) is 1.95. The van der Waals surface area contributed by atoms with E-state index in [0.717, 1.165) is 27.4 Å². The van der Waals surface area contributed by atoms with Crippen molar-refractivity contribution in [1.82, 2.24) is 9.97 Å². The number of hydrogen-bond acceptors (Lipinski definition) is 4. The van der Waals surface area contributed by atoms with Crippen LogP contribution < -0.4 is 10.6 Å². The molecule has 22 heavy (non-hydrogen) atoms. The van der Waals surface area contributed by atoms with Crippen LogP contribution in [0.15, 0.2) is 65.1 Å². The van der Waals surface area contributed by atoms with E-state index in [2.05, 4.69) is 36.5 Å². The van der Waals surface area contributed by atoms with Crippen LogP contribution >= 0.6 is 15.9 Å². The third-order valence-electron chi connectivity index (χ3n) is 2.98. The van der Waals surface area contributed by atoms with Crippen LogP contribution in [0.25, 0.3) is 0 Å². The highest BCUT2D eigenvalue weighted by Crippen LogP contribution is 2.21. The minimum absolute atomic E-state index is 0.573. The second kappa shape index (κ2) is 6.58. The maximum Gasteiger partial charge on any atom is 0.229 e. The summed E-state index contributed by atoms with van der Waals surface area (Å²) in [5.74, 6) is 1.33. The Morgan fingerprint density at radius 2 is 1.59 bits per heavy atom. The summed E-state index contributed by atoms with van der Waals surface area (Å²) in [6.07, 6.45) is 0. The SMILES string of the molecule is Cc1cc(Nc2cccc(Br)c2)nc(Nc2ccccc2)n1. The van der Waals surface area contributed by atoms with E-state index in [9.17, 15) is 0 Å². The van der Waals surface area contributed by atoms with Crippen molar-refractivity contribution < 1.29 is 0 Å². The molecule has 0 aliphatic carbocycles. The van der Waals surface area contributed by atoms with Crippen molar-refractivity contribution in [2.75, 3.05) is 10.6 Å². The lowest BCUT2D eigenvalue weighted by molar-refractivity contribution is 1.11. The molecule has 4 nitrogen and oxygen atoms in total. The topological polar surface area (TPSA) is 49.8 Å². The van der Waals surface area contributed by atoms with Crippen molar-refractivity contribution in [3.63, 3.8) is 0 Å². The molecule has 1 heterocycles. The van der Waals surface area contributed by atoms with Crippen LogP contribution in [-0.2, 0) is 0 Å². The Labute approximate surface area is 137 Å². The van der Waals surface area contributed by atoms with E-state index in [0.29, 0.717) is 5.95 Å². The van der Waals surface area contributed by atoms with Crippen molar-refractivity contribution in [3.05, 3.63) is 70.8 Å². The molecule has 0 fully saturated rings. The molecule has 0 amide bonds. The van der Waals surface area contributed by atoms with Gasteiger partial charge in [0.2, 0.25) is 5.95 Å². The van der Waals surface area contributed by atoms with E-state index in [4.69, 9.17) is 0 Å². The van der Waals surface area contributed by atoms with Gasteiger partial charge in [0.25, 0.3) is 0 Å². The van der Waals surface area contributed by atoms with E-state index in [1.165, 1.54) is 0 Å². The van der Waals surface area contributed by atoms with Gasteiger partial charge in [-0.25, -0.2) is 4.98 Å². The average molecular weight is 355 g/mol. The molecule has 5 heteroatoms. The van der Waals surface area contributed by atoms with E-state index < -0.39 is 0 Å². The summed E-state index contributed by atoms with van der Waals surface area (Å²) in [5.41, 5.74) is 2.82. The molecular formula is C17H15BrN4. The fourth-order valence-corrected chi connectivity index (χ4v) is 2.45. The lowest BCUT2D eigenvalue weighted by atomic mass is 10.3. The van der Waals surface area contributed by atoms with Crippen LogP contribution in [0, 0.1) is 6.92 Å². The number of nitrogens with one attached hydrogen (secondary N) is 2. The Morgan fingerprint density at radius 3 is 2.36 bits per heavy atom. The van der Waals surface area contributed by atoms with Crippen LogP contribution in [0.5, 0.6) is 0 Å². The van der Waals surface area contributed by atoms with Gasteiger partial charge in [-0.2, -0.15) is 4.98 Å². The summed E-state index contributed by atoms with van der Waals surface area (Å²) in [5, 5.41) is 6.50. The summed E-state index contributed by atoms with van der Waals surface area (Å²) in [6, 6.07) is 19.7. The normalized spacial score (nSPS) is 10.3. The first-order valence-corrected chi connectivity index (χ1v) is 7.69. The van der Waals surface area contributed by atoms with Gasteiger partial charge in [0.05, 0.1) is 0 Å². The first-order chi connectivity index (χ1) is 10.7. The lowest BCUT2D eigenvalue weighted by Crippen LogP contribution is -2.02. The zero-order chi connectivity index (χ0) is 15.4. The molecule has 0 aliphatic rings. The first-order valence-electron chi connectivity index (χ1n) is 6.89. The van der Waals surface area contributed by atoms with Crippen molar-refractivity contribution in [3.8, 4) is 0 Å². The van der Waals surface area contributed by atoms with Crippen molar-refractivity contribution in [2.24, 2.45) is 0 Å². The second-order valence-electron chi connectivity index (χ2n) is 4.84. The number of aromatic nitrogens is 2. The third kappa shape index (κ3) is 3.83. The van der Waals surface area contributed by atoms with Crippen LogP contribution in [0.4, 0.5) is 23.1 Å². The number of benzene rings is 2. The predicted molar refractivity (Wildman–Crippen MR) is 93.9 cm³/mol. The van der Waals surface area contributed by atoms with Crippen LogP contribution in [-0.4, -0.2) is 9.97 Å². The maximum absolute atomic E-state index is 4.51. The minimum atomic E-state index is 0.573. The Kier molecular flexibility index (Phi) is 4.34. The van der Waals surface area contributed by atoms with Gasteiger partial charge in [0.1, 0.15) is 5.82 Å². The second-order valence-corrected chi connectivity index (χ2v) is 5.76. The summed E-state index contributed by atoms with van der Waals surface area (Å²) < 4.78 is 1.02. The molecule has 1 aromatic heterocycles. The summed E-state index contributed by atoms with van der Waals surface area (Å²) >= 11 is 3.46. The molecule has 0 spiro atoms. The molecule has 0 saturated heterocycles. The highest BCUT2D eigenvalue weighted by atomic mass is 79.9. The Bertz CT molecular complexity index is 775. The molecule has 110 valence electrons. The van der Waals surface area contributed by atoms with Crippen molar-refractivity contribution >= 4 is 39.1 Å². The highest BCUT2D eigenvalue weighted by Gasteiger charge is 2.03. The Balaban J connectivity index is 1.83. The predicted octanol–water partition coefficient (Wildman–Crippen LogP) is 5.03. The quantitative estimate of drug-likeness (QED) is 0.689. The van der Waals surface area contributed by atoms with Crippen molar-refractivity contribution in [1.29, 1.82) is 0 Å². The number of anilines is 4. The number of rotatable bonds is 4. The van der Waals surface area contributed by atoms with Gasteiger partial charge in [0.15, 0.2) is 0 Å². The van der Waals surface area contributed by atoms with Gasteiger partial charge in [-0.3, -0.25) is 0 Å². The number of aryl methyl sites for hydroxylation is 1. The molecule has 3 aromatic rings.